The molecule has 0 saturated heterocycles. The number of nitriles is 1. The second-order valence-corrected chi connectivity index (χ2v) is 5.89. The van der Waals surface area contributed by atoms with Crippen LogP contribution in [-0.4, -0.2) is 24.0 Å². The molecule has 0 aromatic heterocycles. The Hall–Kier alpha value is -0.890. The first-order valence-electron chi connectivity index (χ1n) is 6.64. The summed E-state index contributed by atoms with van der Waals surface area (Å²) in [5.41, 5.74) is 7.36. The molecule has 104 valence electrons. The van der Waals surface area contributed by atoms with E-state index in [1.807, 2.05) is 26.0 Å². The van der Waals surface area contributed by atoms with Crippen molar-refractivity contribution in [2.75, 3.05) is 13.1 Å². The van der Waals surface area contributed by atoms with Gasteiger partial charge in [-0.1, -0.05) is 35.0 Å². The van der Waals surface area contributed by atoms with Gasteiger partial charge in [-0.25, -0.2) is 0 Å². The molecule has 3 unspecified atom stereocenters. The lowest BCUT2D eigenvalue weighted by atomic mass is 9.98. The summed E-state index contributed by atoms with van der Waals surface area (Å²) in [6, 6.07) is 10.7. The monoisotopic (exact) mass is 323 g/mol. The van der Waals surface area contributed by atoms with Crippen LogP contribution in [0.3, 0.4) is 0 Å². The van der Waals surface area contributed by atoms with Gasteiger partial charge in [-0.3, -0.25) is 4.90 Å². The van der Waals surface area contributed by atoms with Crippen LogP contribution in [0, 0.1) is 17.2 Å². The van der Waals surface area contributed by atoms with E-state index in [1.54, 1.807) is 0 Å². The average molecular weight is 324 g/mol. The van der Waals surface area contributed by atoms with E-state index in [4.69, 9.17) is 11.0 Å². The molecule has 0 amide bonds. The Labute approximate surface area is 124 Å². The van der Waals surface area contributed by atoms with E-state index in [0.29, 0.717) is 0 Å². The minimum absolute atomic E-state index is 0.0108. The van der Waals surface area contributed by atoms with Crippen molar-refractivity contribution in [1.29, 1.82) is 5.26 Å². The van der Waals surface area contributed by atoms with Gasteiger partial charge in [0.2, 0.25) is 0 Å². The van der Waals surface area contributed by atoms with Crippen LogP contribution < -0.4 is 5.73 Å². The van der Waals surface area contributed by atoms with Crippen LogP contribution in [0.4, 0.5) is 0 Å². The van der Waals surface area contributed by atoms with Gasteiger partial charge in [-0.15, -0.1) is 0 Å². The molecule has 0 bridgehead atoms. The Balaban J connectivity index is 2.98. The first-order chi connectivity index (χ1) is 8.99. The van der Waals surface area contributed by atoms with Crippen molar-refractivity contribution >= 4 is 15.9 Å². The highest BCUT2D eigenvalue weighted by Crippen LogP contribution is 2.25. The van der Waals surface area contributed by atoms with Gasteiger partial charge in [0.15, 0.2) is 0 Å². The molecule has 0 fully saturated rings. The topological polar surface area (TPSA) is 53.0 Å². The first kappa shape index (κ1) is 16.2. The van der Waals surface area contributed by atoms with E-state index in [2.05, 4.69) is 46.0 Å². The summed E-state index contributed by atoms with van der Waals surface area (Å²) >= 11 is 3.45. The van der Waals surface area contributed by atoms with Crippen LogP contribution in [0.1, 0.15) is 32.4 Å². The molecule has 4 heteroatoms. The largest absolute Gasteiger partial charge is 0.326 e. The lowest BCUT2D eigenvalue weighted by molar-refractivity contribution is 0.173. The number of rotatable bonds is 6. The lowest BCUT2D eigenvalue weighted by Crippen LogP contribution is -2.41. The number of benzene rings is 1. The Morgan fingerprint density at radius 3 is 2.32 bits per heavy atom. The highest BCUT2D eigenvalue weighted by atomic mass is 79.9. The van der Waals surface area contributed by atoms with Crippen LogP contribution in [0.2, 0.25) is 0 Å². The molecular weight excluding hydrogens is 302 g/mol. The Bertz CT molecular complexity index is 422. The smallest absolute Gasteiger partial charge is 0.0666 e. The number of halogens is 1. The van der Waals surface area contributed by atoms with E-state index >= 15 is 0 Å². The number of nitrogens with two attached hydrogens (primary N) is 1. The van der Waals surface area contributed by atoms with Crippen molar-refractivity contribution < 1.29 is 0 Å². The fraction of sp³-hybridized carbons (Fsp3) is 0.533. The summed E-state index contributed by atoms with van der Waals surface area (Å²) in [6.45, 7) is 7.71. The summed E-state index contributed by atoms with van der Waals surface area (Å²) < 4.78 is 1.06. The number of likely N-dealkylation sites (N-methyl/N-ethyl adjacent to an activating group) is 1. The minimum atomic E-state index is 0.0108. The Morgan fingerprint density at radius 1 is 1.32 bits per heavy atom. The fourth-order valence-electron chi connectivity index (χ4n) is 2.34. The summed E-state index contributed by atoms with van der Waals surface area (Å²) in [7, 11) is 0. The van der Waals surface area contributed by atoms with Crippen LogP contribution in [0.5, 0.6) is 0 Å². The second-order valence-electron chi connectivity index (χ2n) is 4.97. The van der Waals surface area contributed by atoms with Gasteiger partial charge in [0.05, 0.1) is 12.0 Å². The number of hydrogen-bond donors (Lipinski definition) is 1. The van der Waals surface area contributed by atoms with Crippen molar-refractivity contribution in [3.63, 3.8) is 0 Å². The van der Waals surface area contributed by atoms with Crippen molar-refractivity contribution in [3.8, 4) is 6.07 Å². The first-order valence-corrected chi connectivity index (χ1v) is 7.43. The number of hydrogen-bond acceptors (Lipinski definition) is 3. The van der Waals surface area contributed by atoms with Gasteiger partial charge in [-0.2, -0.15) is 5.26 Å². The molecule has 0 saturated carbocycles. The maximum atomic E-state index is 8.99. The third-order valence-electron chi connectivity index (χ3n) is 3.24. The summed E-state index contributed by atoms with van der Waals surface area (Å²) in [5.74, 6) is 0.0108. The van der Waals surface area contributed by atoms with Gasteiger partial charge in [-0.05, 0) is 38.1 Å². The Kier molecular flexibility index (Phi) is 6.50. The van der Waals surface area contributed by atoms with E-state index in [1.165, 1.54) is 5.56 Å². The standard InChI is InChI=1S/C15H22BrN3/c1-4-19(10-11(2)9-17)15(12(3)18)13-5-7-14(16)8-6-13/h5-8,11-12,15H,4,10,18H2,1-3H3. The molecule has 1 aromatic rings. The molecule has 0 aliphatic carbocycles. The molecule has 3 atom stereocenters. The van der Waals surface area contributed by atoms with E-state index in [-0.39, 0.29) is 18.0 Å². The lowest BCUT2D eigenvalue weighted by Gasteiger charge is -2.34. The van der Waals surface area contributed by atoms with Crippen LogP contribution in [0.25, 0.3) is 0 Å². The van der Waals surface area contributed by atoms with Crippen molar-refractivity contribution in [1.82, 2.24) is 4.90 Å². The van der Waals surface area contributed by atoms with Crippen molar-refractivity contribution in [2.45, 2.75) is 32.9 Å². The molecule has 2 N–H and O–H groups in total. The maximum Gasteiger partial charge on any atom is 0.0666 e. The van der Waals surface area contributed by atoms with Crippen LogP contribution in [0.15, 0.2) is 28.7 Å². The van der Waals surface area contributed by atoms with Gasteiger partial charge in [0, 0.05) is 23.1 Å². The predicted octanol–water partition coefficient (Wildman–Crippen LogP) is 3.32. The zero-order chi connectivity index (χ0) is 14.4. The third kappa shape index (κ3) is 4.61. The summed E-state index contributed by atoms with van der Waals surface area (Å²) in [6.07, 6.45) is 0. The Morgan fingerprint density at radius 2 is 1.89 bits per heavy atom. The van der Waals surface area contributed by atoms with E-state index < -0.39 is 0 Å². The summed E-state index contributed by atoms with van der Waals surface area (Å²) in [4.78, 5) is 2.28. The normalized spacial score (nSPS) is 15.8. The molecule has 1 aromatic carbocycles. The molecule has 0 spiro atoms. The SMILES string of the molecule is CCN(CC(C)C#N)C(c1ccc(Br)cc1)C(C)N. The highest BCUT2D eigenvalue weighted by molar-refractivity contribution is 9.10. The predicted molar refractivity (Wildman–Crippen MR) is 82.6 cm³/mol. The zero-order valence-corrected chi connectivity index (χ0v) is 13.4. The van der Waals surface area contributed by atoms with Gasteiger partial charge in [0.25, 0.3) is 0 Å². The third-order valence-corrected chi connectivity index (χ3v) is 3.77. The molecule has 0 heterocycles. The van der Waals surface area contributed by atoms with E-state index in [0.717, 1.165) is 17.6 Å². The van der Waals surface area contributed by atoms with Gasteiger partial charge in [0.1, 0.15) is 0 Å². The van der Waals surface area contributed by atoms with Crippen LogP contribution in [-0.2, 0) is 0 Å². The number of nitrogens with zero attached hydrogens (tertiary/aromatic N) is 2. The van der Waals surface area contributed by atoms with Gasteiger partial charge >= 0.3 is 0 Å². The molecule has 19 heavy (non-hydrogen) atoms. The molecule has 0 radical (unpaired) electrons. The maximum absolute atomic E-state index is 8.99. The van der Waals surface area contributed by atoms with E-state index in [9.17, 15) is 0 Å². The zero-order valence-electron chi connectivity index (χ0n) is 11.8. The molecular formula is C15H22BrN3. The fourth-order valence-corrected chi connectivity index (χ4v) is 2.60. The molecule has 3 nitrogen and oxygen atoms in total. The minimum Gasteiger partial charge on any atom is -0.326 e. The van der Waals surface area contributed by atoms with Crippen molar-refractivity contribution in [3.05, 3.63) is 34.3 Å². The molecule has 0 aliphatic rings. The molecule has 1 rings (SSSR count). The quantitative estimate of drug-likeness (QED) is 0.873. The van der Waals surface area contributed by atoms with Crippen molar-refractivity contribution in [2.24, 2.45) is 11.7 Å². The van der Waals surface area contributed by atoms with Gasteiger partial charge < -0.3 is 5.73 Å². The van der Waals surface area contributed by atoms with Crippen LogP contribution >= 0.6 is 15.9 Å². The summed E-state index contributed by atoms with van der Waals surface area (Å²) in [5, 5.41) is 8.99. The second kappa shape index (κ2) is 7.64. The highest BCUT2D eigenvalue weighted by Gasteiger charge is 2.24. The average Bonchev–Trinajstić information content (AvgIpc) is 2.39. The molecule has 0 aliphatic heterocycles.